The van der Waals surface area contributed by atoms with E-state index in [1.54, 1.807) is 26.1 Å². The average molecular weight is 207 g/mol. The van der Waals surface area contributed by atoms with Crippen LogP contribution >= 0.6 is 0 Å². The maximum absolute atomic E-state index is 13.7. The van der Waals surface area contributed by atoms with E-state index >= 15 is 0 Å². The van der Waals surface area contributed by atoms with Gasteiger partial charge in [0.2, 0.25) is 0 Å². The van der Waals surface area contributed by atoms with Crippen molar-refractivity contribution in [3.05, 3.63) is 35.8 Å². The van der Waals surface area contributed by atoms with E-state index < -0.39 is 5.60 Å². The monoisotopic (exact) mass is 207 g/mol. The molecule has 0 aliphatic rings. The molecule has 80 valence electrons. The molecule has 0 spiro atoms. The molecule has 15 heavy (non-hydrogen) atoms. The van der Waals surface area contributed by atoms with Gasteiger partial charge in [-0.3, -0.25) is 0 Å². The van der Waals surface area contributed by atoms with Crippen molar-refractivity contribution in [2.75, 3.05) is 0 Å². The van der Waals surface area contributed by atoms with Crippen molar-refractivity contribution in [3.63, 3.8) is 0 Å². The lowest BCUT2D eigenvalue weighted by Crippen LogP contribution is -2.15. The summed E-state index contributed by atoms with van der Waals surface area (Å²) in [6.45, 7) is 3.32. The Kier molecular flexibility index (Phi) is 2.08. The predicted molar refractivity (Wildman–Crippen MR) is 58.1 cm³/mol. The molecule has 2 rings (SSSR count). The number of nitrogens with zero attached hydrogens (tertiary/aromatic N) is 1. The molecule has 0 radical (unpaired) electrons. The van der Waals surface area contributed by atoms with E-state index in [9.17, 15) is 9.50 Å². The van der Waals surface area contributed by atoms with Gasteiger partial charge in [-0.25, -0.2) is 4.39 Å². The molecular weight excluding hydrogens is 193 g/mol. The maximum Gasteiger partial charge on any atom is 0.132 e. The highest BCUT2D eigenvalue weighted by Crippen LogP contribution is 2.31. The molecule has 0 saturated carbocycles. The third-order valence-electron chi connectivity index (χ3n) is 2.62. The fourth-order valence-electron chi connectivity index (χ4n) is 1.86. The molecule has 0 aliphatic heterocycles. The van der Waals surface area contributed by atoms with Crippen LogP contribution < -0.4 is 0 Å². The zero-order valence-electron chi connectivity index (χ0n) is 9.08. The molecule has 1 heterocycles. The molecule has 1 aromatic carbocycles. The lowest BCUT2D eigenvalue weighted by atomic mass is 9.98. The number of benzene rings is 1. The average Bonchev–Trinajstić information content (AvgIpc) is 2.45. The highest BCUT2D eigenvalue weighted by Gasteiger charge is 2.23. The summed E-state index contributed by atoms with van der Waals surface area (Å²) in [7, 11) is 1.84. The minimum absolute atomic E-state index is 0.287. The van der Waals surface area contributed by atoms with E-state index in [1.807, 2.05) is 17.7 Å². The maximum atomic E-state index is 13.7. The Balaban J connectivity index is 2.88. The van der Waals surface area contributed by atoms with Crippen LogP contribution in [0.1, 0.15) is 19.4 Å². The van der Waals surface area contributed by atoms with Crippen molar-refractivity contribution in [1.82, 2.24) is 4.57 Å². The summed E-state index contributed by atoms with van der Waals surface area (Å²) < 4.78 is 15.5. The summed E-state index contributed by atoms with van der Waals surface area (Å²) in [5.74, 6) is -0.287. The van der Waals surface area contributed by atoms with Gasteiger partial charge in [-0.2, -0.15) is 0 Å². The van der Waals surface area contributed by atoms with Crippen LogP contribution in [-0.4, -0.2) is 9.67 Å². The van der Waals surface area contributed by atoms with Gasteiger partial charge >= 0.3 is 0 Å². The van der Waals surface area contributed by atoms with E-state index in [2.05, 4.69) is 0 Å². The summed E-state index contributed by atoms with van der Waals surface area (Å²) in [6, 6.07) is 4.93. The topological polar surface area (TPSA) is 25.2 Å². The smallest absolute Gasteiger partial charge is 0.132 e. The van der Waals surface area contributed by atoms with Gasteiger partial charge in [0, 0.05) is 24.2 Å². The Morgan fingerprint density at radius 3 is 2.60 bits per heavy atom. The van der Waals surface area contributed by atoms with Crippen LogP contribution in [-0.2, 0) is 12.6 Å². The molecule has 0 bridgehead atoms. The predicted octanol–water partition coefficient (Wildman–Crippen LogP) is 2.54. The number of aromatic nitrogens is 1. The van der Waals surface area contributed by atoms with E-state index in [0.717, 1.165) is 5.52 Å². The lowest BCUT2D eigenvalue weighted by Gasteiger charge is -2.16. The van der Waals surface area contributed by atoms with Gasteiger partial charge in [0.1, 0.15) is 5.82 Å². The van der Waals surface area contributed by atoms with Gasteiger partial charge in [-0.1, -0.05) is 6.07 Å². The van der Waals surface area contributed by atoms with Gasteiger partial charge < -0.3 is 9.67 Å². The molecule has 0 atom stereocenters. The Morgan fingerprint density at radius 1 is 1.33 bits per heavy atom. The molecular formula is C12H14FNO. The van der Waals surface area contributed by atoms with Gasteiger partial charge in [0.15, 0.2) is 0 Å². The summed E-state index contributed by atoms with van der Waals surface area (Å²) in [4.78, 5) is 0. The van der Waals surface area contributed by atoms with E-state index in [1.165, 1.54) is 6.07 Å². The number of halogens is 1. The van der Waals surface area contributed by atoms with Crippen molar-refractivity contribution >= 4 is 10.9 Å². The molecule has 3 heteroatoms. The Morgan fingerprint density at radius 2 is 2.00 bits per heavy atom. The van der Waals surface area contributed by atoms with Crippen molar-refractivity contribution < 1.29 is 9.50 Å². The second-order valence-corrected chi connectivity index (χ2v) is 4.35. The highest BCUT2D eigenvalue weighted by atomic mass is 19.1. The van der Waals surface area contributed by atoms with Crippen LogP contribution in [0.2, 0.25) is 0 Å². The van der Waals surface area contributed by atoms with E-state index in [-0.39, 0.29) is 5.82 Å². The first-order valence-corrected chi connectivity index (χ1v) is 4.87. The molecule has 1 aromatic heterocycles. The standard InChI is InChI=1S/C12H14FNO/c1-12(2,15)8-7-14(3)10-6-4-5-9(13)11(8)10/h4-7,15H,1-3H3. The second kappa shape index (κ2) is 3.07. The molecule has 0 saturated heterocycles. The van der Waals surface area contributed by atoms with Crippen LogP contribution in [0.25, 0.3) is 10.9 Å². The quantitative estimate of drug-likeness (QED) is 0.763. The molecule has 0 fully saturated rings. The zero-order valence-corrected chi connectivity index (χ0v) is 9.08. The van der Waals surface area contributed by atoms with Crippen LogP contribution in [0.4, 0.5) is 4.39 Å². The third-order valence-corrected chi connectivity index (χ3v) is 2.62. The van der Waals surface area contributed by atoms with Crippen molar-refractivity contribution in [1.29, 1.82) is 0 Å². The molecule has 0 amide bonds. The Hall–Kier alpha value is -1.35. The molecule has 0 unspecified atom stereocenters. The third kappa shape index (κ3) is 1.53. The number of hydrogen-bond donors (Lipinski definition) is 1. The van der Waals surface area contributed by atoms with Crippen molar-refractivity contribution in [2.24, 2.45) is 7.05 Å². The van der Waals surface area contributed by atoms with Crippen molar-refractivity contribution in [3.8, 4) is 0 Å². The highest BCUT2D eigenvalue weighted by molar-refractivity contribution is 5.85. The van der Waals surface area contributed by atoms with E-state index in [4.69, 9.17) is 0 Å². The van der Waals surface area contributed by atoms with Crippen LogP contribution in [0.5, 0.6) is 0 Å². The summed E-state index contributed by atoms with van der Waals surface area (Å²) >= 11 is 0. The van der Waals surface area contributed by atoms with E-state index in [0.29, 0.717) is 10.9 Å². The van der Waals surface area contributed by atoms with Gasteiger partial charge in [-0.05, 0) is 26.0 Å². The molecule has 0 aliphatic carbocycles. The van der Waals surface area contributed by atoms with Gasteiger partial charge in [0.05, 0.1) is 11.1 Å². The first kappa shape index (κ1) is 10.2. The fraction of sp³-hybridized carbons (Fsp3) is 0.333. The van der Waals surface area contributed by atoms with Crippen LogP contribution in [0, 0.1) is 5.82 Å². The fourth-order valence-corrected chi connectivity index (χ4v) is 1.86. The molecule has 2 aromatic rings. The number of hydrogen-bond acceptors (Lipinski definition) is 1. The first-order chi connectivity index (χ1) is 6.91. The summed E-state index contributed by atoms with van der Waals surface area (Å²) in [5.41, 5.74) is 0.395. The minimum Gasteiger partial charge on any atom is -0.386 e. The Labute approximate surface area is 88.0 Å². The van der Waals surface area contributed by atoms with Gasteiger partial charge in [-0.15, -0.1) is 0 Å². The largest absolute Gasteiger partial charge is 0.386 e. The molecule has 1 N–H and O–H groups in total. The first-order valence-electron chi connectivity index (χ1n) is 4.87. The zero-order chi connectivity index (χ0) is 11.2. The number of fused-ring (bicyclic) bond motifs is 1. The normalized spacial score (nSPS) is 12.3. The van der Waals surface area contributed by atoms with Crippen LogP contribution in [0.15, 0.2) is 24.4 Å². The summed E-state index contributed by atoms with van der Waals surface area (Å²) in [6.07, 6.45) is 1.77. The lowest BCUT2D eigenvalue weighted by molar-refractivity contribution is 0.0798. The number of aliphatic hydroxyl groups is 1. The summed E-state index contributed by atoms with van der Waals surface area (Å²) in [5, 5.41) is 10.5. The van der Waals surface area contributed by atoms with Crippen molar-refractivity contribution in [2.45, 2.75) is 19.4 Å². The SMILES string of the molecule is Cn1cc(C(C)(C)O)c2c(F)cccc21. The minimum atomic E-state index is -1.03. The van der Waals surface area contributed by atoms with Gasteiger partial charge in [0.25, 0.3) is 0 Å². The second-order valence-electron chi connectivity index (χ2n) is 4.35. The Bertz CT molecular complexity index is 508. The number of rotatable bonds is 1. The van der Waals surface area contributed by atoms with Crippen LogP contribution in [0.3, 0.4) is 0 Å². The molecule has 2 nitrogen and oxygen atoms in total. The number of aryl methyl sites for hydroxylation is 1.